The number of hydrogen-bond acceptors (Lipinski definition) is 3. The van der Waals surface area contributed by atoms with E-state index in [1.165, 1.54) is 16.0 Å². The maximum absolute atomic E-state index is 11.3. The topological polar surface area (TPSA) is 41.1 Å². The molecule has 0 aromatic heterocycles. The van der Waals surface area contributed by atoms with Gasteiger partial charge in [0.25, 0.3) is 0 Å². The van der Waals surface area contributed by atoms with Gasteiger partial charge in [0.15, 0.2) is 0 Å². The van der Waals surface area contributed by atoms with Crippen molar-refractivity contribution >= 4 is 29.0 Å². The summed E-state index contributed by atoms with van der Waals surface area (Å²) in [4.78, 5) is 12.6. The number of carbonyl (C=O) groups is 1. The van der Waals surface area contributed by atoms with E-state index >= 15 is 0 Å². The molecule has 2 N–H and O–H groups in total. The summed E-state index contributed by atoms with van der Waals surface area (Å²) in [5, 5.41) is 6.34. The molecule has 0 radical (unpaired) electrons. The summed E-state index contributed by atoms with van der Waals surface area (Å²) < 4.78 is 0. The van der Waals surface area contributed by atoms with Gasteiger partial charge in [0.2, 0.25) is 5.91 Å². The summed E-state index contributed by atoms with van der Waals surface area (Å²) in [7, 11) is 0. The highest BCUT2D eigenvalue weighted by Gasteiger charge is 2.14. The first-order chi connectivity index (χ1) is 10.2. The highest BCUT2D eigenvalue weighted by molar-refractivity contribution is 7.98. The van der Waals surface area contributed by atoms with Crippen molar-refractivity contribution in [1.29, 1.82) is 0 Å². The van der Waals surface area contributed by atoms with Crippen LogP contribution in [0.5, 0.6) is 0 Å². The molecule has 3 rings (SSSR count). The molecule has 0 aliphatic carbocycles. The minimum atomic E-state index is 0.108. The Balaban J connectivity index is 1.66. The van der Waals surface area contributed by atoms with E-state index < -0.39 is 0 Å². The van der Waals surface area contributed by atoms with Crippen LogP contribution in [0.1, 0.15) is 17.5 Å². The number of benzene rings is 2. The Morgan fingerprint density at radius 3 is 2.71 bits per heavy atom. The van der Waals surface area contributed by atoms with Gasteiger partial charge >= 0.3 is 0 Å². The molecule has 108 valence electrons. The zero-order valence-corrected chi connectivity index (χ0v) is 12.8. The Morgan fingerprint density at radius 2 is 1.95 bits per heavy atom. The number of thioether (sulfide) groups is 1. The van der Waals surface area contributed by atoms with Crippen LogP contribution in [-0.4, -0.2) is 12.2 Å². The largest absolute Gasteiger partial charge is 0.381 e. The average Bonchev–Trinajstić information content (AvgIpc) is 2.53. The van der Waals surface area contributed by atoms with Gasteiger partial charge in [-0.25, -0.2) is 0 Å². The van der Waals surface area contributed by atoms with Crippen LogP contribution in [0, 0.1) is 0 Å². The molecular formula is C17H18N2OS. The first-order valence-electron chi connectivity index (χ1n) is 7.04. The van der Waals surface area contributed by atoms with Crippen LogP contribution in [0.2, 0.25) is 0 Å². The van der Waals surface area contributed by atoms with E-state index in [-0.39, 0.29) is 5.91 Å². The molecule has 1 aliphatic rings. The van der Waals surface area contributed by atoms with Crippen LogP contribution < -0.4 is 10.6 Å². The molecule has 1 heterocycles. The van der Waals surface area contributed by atoms with Crippen molar-refractivity contribution in [1.82, 2.24) is 0 Å². The quantitative estimate of drug-likeness (QED) is 0.841. The Kier molecular flexibility index (Phi) is 4.15. The summed E-state index contributed by atoms with van der Waals surface area (Å²) in [5.74, 6) is 0.108. The second-order valence-corrected chi connectivity index (χ2v) is 6.00. The third-order valence-corrected chi connectivity index (χ3v) is 4.40. The van der Waals surface area contributed by atoms with Crippen LogP contribution in [0.15, 0.2) is 47.4 Å². The summed E-state index contributed by atoms with van der Waals surface area (Å²) in [6, 6.07) is 14.7. The molecule has 0 saturated heterocycles. The lowest BCUT2D eigenvalue weighted by Gasteiger charge is -2.18. The summed E-state index contributed by atoms with van der Waals surface area (Å²) in [6.45, 7) is 0.805. The fraction of sp³-hybridized carbons (Fsp3) is 0.235. The highest BCUT2D eigenvalue weighted by atomic mass is 32.2. The third kappa shape index (κ3) is 3.39. The van der Waals surface area contributed by atoms with E-state index in [4.69, 9.17) is 0 Å². The maximum atomic E-state index is 11.3. The van der Waals surface area contributed by atoms with Crippen molar-refractivity contribution in [3.63, 3.8) is 0 Å². The molecule has 3 nitrogen and oxygen atoms in total. The van der Waals surface area contributed by atoms with E-state index in [1.807, 2.05) is 12.1 Å². The number of aryl methyl sites for hydroxylation is 1. The number of hydrogen-bond donors (Lipinski definition) is 2. The number of amides is 1. The van der Waals surface area contributed by atoms with Gasteiger partial charge < -0.3 is 10.6 Å². The summed E-state index contributed by atoms with van der Waals surface area (Å²) in [6.07, 6.45) is 3.48. The minimum Gasteiger partial charge on any atom is -0.381 e. The average molecular weight is 298 g/mol. The fourth-order valence-corrected chi connectivity index (χ4v) is 2.85. The van der Waals surface area contributed by atoms with Gasteiger partial charge in [-0.3, -0.25) is 4.79 Å². The smallest absolute Gasteiger partial charge is 0.224 e. The van der Waals surface area contributed by atoms with E-state index in [2.05, 4.69) is 47.2 Å². The molecule has 4 heteroatoms. The van der Waals surface area contributed by atoms with Gasteiger partial charge in [0.05, 0.1) is 0 Å². The van der Waals surface area contributed by atoms with Crippen LogP contribution in [-0.2, 0) is 17.8 Å². The molecule has 2 aromatic carbocycles. The number of carbonyl (C=O) groups excluding carboxylic acids is 1. The second-order valence-electron chi connectivity index (χ2n) is 5.12. The summed E-state index contributed by atoms with van der Waals surface area (Å²) >= 11 is 1.75. The van der Waals surface area contributed by atoms with Crippen molar-refractivity contribution in [2.45, 2.75) is 24.3 Å². The zero-order valence-electron chi connectivity index (χ0n) is 12.0. The lowest BCUT2D eigenvalue weighted by Crippen LogP contribution is -2.18. The van der Waals surface area contributed by atoms with E-state index in [1.54, 1.807) is 11.8 Å². The number of rotatable bonds is 4. The molecule has 0 spiro atoms. The molecule has 0 unspecified atom stereocenters. The lowest BCUT2D eigenvalue weighted by atomic mass is 10.0. The van der Waals surface area contributed by atoms with E-state index in [0.717, 1.165) is 24.3 Å². The zero-order chi connectivity index (χ0) is 14.7. The molecule has 1 amide bonds. The van der Waals surface area contributed by atoms with Gasteiger partial charge in [0, 0.05) is 29.2 Å². The van der Waals surface area contributed by atoms with Crippen molar-refractivity contribution in [3.8, 4) is 0 Å². The Morgan fingerprint density at radius 1 is 1.14 bits per heavy atom. The van der Waals surface area contributed by atoms with Gasteiger partial charge in [-0.05, 0) is 54.1 Å². The van der Waals surface area contributed by atoms with Crippen molar-refractivity contribution in [2.24, 2.45) is 0 Å². The fourth-order valence-electron chi connectivity index (χ4n) is 2.44. The third-order valence-electron chi connectivity index (χ3n) is 3.66. The van der Waals surface area contributed by atoms with E-state index in [0.29, 0.717) is 6.42 Å². The molecule has 0 bridgehead atoms. The van der Waals surface area contributed by atoms with Crippen molar-refractivity contribution in [3.05, 3.63) is 53.6 Å². The normalized spacial score (nSPS) is 13.5. The van der Waals surface area contributed by atoms with Gasteiger partial charge in [-0.2, -0.15) is 0 Å². The predicted molar refractivity (Wildman–Crippen MR) is 88.9 cm³/mol. The van der Waals surface area contributed by atoms with Crippen molar-refractivity contribution < 1.29 is 4.79 Å². The van der Waals surface area contributed by atoms with Crippen LogP contribution in [0.25, 0.3) is 0 Å². The molecular weight excluding hydrogens is 280 g/mol. The van der Waals surface area contributed by atoms with Crippen LogP contribution in [0.3, 0.4) is 0 Å². The standard InChI is InChI=1S/C17H18N2OS/c1-21-15-6-2-12(3-7-15)11-18-14-5-8-16-13(10-14)4-9-17(20)19-16/h2-3,5-8,10,18H,4,9,11H2,1H3,(H,19,20). The molecule has 0 saturated carbocycles. The maximum Gasteiger partial charge on any atom is 0.224 e. The van der Waals surface area contributed by atoms with E-state index in [9.17, 15) is 4.79 Å². The van der Waals surface area contributed by atoms with Crippen LogP contribution >= 0.6 is 11.8 Å². The molecule has 1 aliphatic heterocycles. The Labute approximate surface area is 129 Å². The number of nitrogens with one attached hydrogen (secondary N) is 2. The molecule has 0 atom stereocenters. The predicted octanol–water partition coefficient (Wildman–Crippen LogP) is 3.91. The van der Waals surface area contributed by atoms with Gasteiger partial charge in [-0.15, -0.1) is 11.8 Å². The Bertz CT molecular complexity index is 652. The van der Waals surface area contributed by atoms with Gasteiger partial charge in [0.1, 0.15) is 0 Å². The monoisotopic (exact) mass is 298 g/mol. The number of fused-ring (bicyclic) bond motifs is 1. The van der Waals surface area contributed by atoms with Crippen LogP contribution in [0.4, 0.5) is 11.4 Å². The number of anilines is 2. The van der Waals surface area contributed by atoms with Crippen molar-refractivity contribution in [2.75, 3.05) is 16.9 Å². The molecule has 21 heavy (non-hydrogen) atoms. The first-order valence-corrected chi connectivity index (χ1v) is 8.26. The molecule has 2 aromatic rings. The SMILES string of the molecule is CSc1ccc(CNc2ccc3c(c2)CCC(=O)N3)cc1. The highest BCUT2D eigenvalue weighted by Crippen LogP contribution is 2.26. The lowest BCUT2D eigenvalue weighted by molar-refractivity contribution is -0.116. The minimum absolute atomic E-state index is 0.108. The second kappa shape index (κ2) is 6.22. The summed E-state index contributed by atoms with van der Waals surface area (Å²) in [5.41, 5.74) is 4.51. The van der Waals surface area contributed by atoms with Gasteiger partial charge in [-0.1, -0.05) is 12.1 Å². The molecule has 0 fully saturated rings. The Hall–Kier alpha value is -1.94. The first kappa shape index (κ1) is 14.0.